The van der Waals surface area contributed by atoms with Crippen molar-refractivity contribution in [2.75, 3.05) is 31.2 Å². The van der Waals surface area contributed by atoms with Crippen molar-refractivity contribution in [2.24, 2.45) is 0 Å². The summed E-state index contributed by atoms with van der Waals surface area (Å²) in [6.07, 6.45) is 6.42. The molecule has 1 fully saturated rings. The first-order valence-corrected chi connectivity index (χ1v) is 7.35. The first-order valence-electron chi connectivity index (χ1n) is 7.35. The van der Waals surface area contributed by atoms with Crippen LogP contribution in [-0.2, 0) is 4.74 Å². The minimum absolute atomic E-state index is 0.192. The molecule has 0 saturated carbocycles. The van der Waals surface area contributed by atoms with Gasteiger partial charge in [0, 0.05) is 36.6 Å². The van der Waals surface area contributed by atoms with Crippen LogP contribution in [0.15, 0.2) is 42.7 Å². The Morgan fingerprint density at radius 2 is 1.78 bits per heavy atom. The second kappa shape index (κ2) is 7.11. The molecule has 0 spiro atoms. The van der Waals surface area contributed by atoms with Crippen molar-refractivity contribution in [3.05, 3.63) is 59.7 Å². The van der Waals surface area contributed by atoms with E-state index in [4.69, 9.17) is 4.74 Å². The van der Waals surface area contributed by atoms with Crippen molar-refractivity contribution >= 4 is 17.8 Å². The fourth-order valence-electron chi connectivity index (χ4n) is 2.23. The minimum Gasteiger partial charge on any atom is -0.378 e. The third-order valence-corrected chi connectivity index (χ3v) is 3.51. The van der Waals surface area contributed by atoms with Gasteiger partial charge >= 0.3 is 0 Å². The molecule has 23 heavy (non-hydrogen) atoms. The number of hydrogen-bond donors (Lipinski definition) is 0. The van der Waals surface area contributed by atoms with Crippen molar-refractivity contribution in [2.45, 2.75) is 0 Å². The number of nitrogens with zero attached hydrogens (tertiary/aromatic N) is 3. The molecule has 1 aliphatic heterocycles. The normalized spacial score (nSPS) is 15.1. The van der Waals surface area contributed by atoms with Crippen molar-refractivity contribution in [1.29, 1.82) is 0 Å². The highest BCUT2D eigenvalue weighted by atomic mass is 19.1. The Kier molecular flexibility index (Phi) is 4.73. The number of ether oxygens (including phenoxy) is 1. The Hall–Kier alpha value is -2.60. The van der Waals surface area contributed by atoms with Gasteiger partial charge < -0.3 is 9.64 Å². The summed E-state index contributed by atoms with van der Waals surface area (Å²) in [6.45, 7) is 2.91. The quantitative estimate of drug-likeness (QED) is 0.640. The smallest absolute Gasteiger partial charge is 0.225 e. The van der Waals surface area contributed by atoms with Gasteiger partial charge in [0.25, 0.3) is 0 Å². The number of anilines is 1. The van der Waals surface area contributed by atoms with Crippen LogP contribution >= 0.6 is 0 Å². The first-order chi connectivity index (χ1) is 11.2. The predicted molar refractivity (Wildman–Crippen MR) is 84.8 cm³/mol. The number of morpholine rings is 1. The van der Waals surface area contributed by atoms with Crippen LogP contribution in [0.25, 0.3) is 6.08 Å². The van der Waals surface area contributed by atoms with Gasteiger partial charge in [0.2, 0.25) is 5.95 Å². The highest BCUT2D eigenvalue weighted by Crippen LogP contribution is 2.11. The lowest BCUT2D eigenvalue weighted by atomic mass is 10.1. The van der Waals surface area contributed by atoms with E-state index >= 15 is 0 Å². The van der Waals surface area contributed by atoms with E-state index in [1.807, 2.05) is 0 Å². The van der Waals surface area contributed by atoms with Gasteiger partial charge in [-0.25, -0.2) is 14.4 Å². The summed E-state index contributed by atoms with van der Waals surface area (Å²) < 4.78 is 18.1. The molecule has 0 radical (unpaired) electrons. The van der Waals surface area contributed by atoms with E-state index in [0.717, 1.165) is 18.7 Å². The summed E-state index contributed by atoms with van der Waals surface area (Å²) in [7, 11) is 0. The molecule has 2 heterocycles. The van der Waals surface area contributed by atoms with Crippen LogP contribution in [0, 0.1) is 5.82 Å². The number of carbonyl (C=O) groups is 1. The van der Waals surface area contributed by atoms with Gasteiger partial charge in [-0.3, -0.25) is 4.79 Å². The number of aromatic nitrogens is 2. The largest absolute Gasteiger partial charge is 0.378 e. The van der Waals surface area contributed by atoms with E-state index in [9.17, 15) is 9.18 Å². The fraction of sp³-hybridized carbons (Fsp3) is 0.235. The number of halogens is 1. The second-order valence-corrected chi connectivity index (χ2v) is 5.12. The zero-order valence-electron chi connectivity index (χ0n) is 12.5. The van der Waals surface area contributed by atoms with Crippen LogP contribution in [0.5, 0.6) is 0 Å². The zero-order valence-corrected chi connectivity index (χ0v) is 12.5. The van der Waals surface area contributed by atoms with E-state index in [0.29, 0.717) is 24.7 Å². The maximum Gasteiger partial charge on any atom is 0.225 e. The van der Waals surface area contributed by atoms with Gasteiger partial charge in [0.1, 0.15) is 5.82 Å². The van der Waals surface area contributed by atoms with Crippen LogP contribution in [0.1, 0.15) is 15.9 Å². The van der Waals surface area contributed by atoms with Gasteiger partial charge in [0.05, 0.1) is 13.2 Å². The molecule has 0 bridgehead atoms. The Bertz CT molecular complexity index is 693. The van der Waals surface area contributed by atoms with Gasteiger partial charge in [-0.15, -0.1) is 0 Å². The molecule has 2 aromatic rings. The van der Waals surface area contributed by atoms with Crippen LogP contribution < -0.4 is 4.90 Å². The molecule has 6 heteroatoms. The molecular formula is C17H16FN3O2. The summed E-state index contributed by atoms with van der Waals surface area (Å²) in [5.74, 6) is 0.107. The molecule has 1 aromatic heterocycles. The third kappa shape index (κ3) is 3.98. The molecule has 0 aliphatic carbocycles. The molecule has 0 amide bonds. The Morgan fingerprint density at radius 3 is 2.43 bits per heavy atom. The number of benzene rings is 1. The standard InChI is InChI=1S/C17H16FN3O2/c18-15-4-2-14(3-5-15)16(22)6-1-13-11-19-17(20-12-13)21-7-9-23-10-8-21/h1-6,11-12H,7-10H2/b6-1+. The number of allylic oxidation sites excluding steroid dienone is 1. The van der Waals surface area contributed by atoms with E-state index in [1.165, 1.54) is 30.3 Å². The number of ketones is 1. The Morgan fingerprint density at radius 1 is 1.13 bits per heavy atom. The zero-order chi connectivity index (χ0) is 16.1. The molecule has 118 valence electrons. The summed E-state index contributed by atoms with van der Waals surface area (Å²) in [4.78, 5) is 22.7. The van der Waals surface area contributed by atoms with Crippen molar-refractivity contribution < 1.29 is 13.9 Å². The average Bonchev–Trinajstić information content (AvgIpc) is 2.61. The number of carbonyl (C=O) groups excluding carboxylic acids is 1. The monoisotopic (exact) mass is 313 g/mol. The van der Waals surface area contributed by atoms with Gasteiger partial charge in [-0.1, -0.05) is 0 Å². The van der Waals surface area contributed by atoms with Crippen LogP contribution in [0.3, 0.4) is 0 Å². The highest BCUT2D eigenvalue weighted by molar-refractivity contribution is 6.06. The van der Waals surface area contributed by atoms with Gasteiger partial charge in [0.15, 0.2) is 5.78 Å². The van der Waals surface area contributed by atoms with Crippen LogP contribution in [0.2, 0.25) is 0 Å². The maximum atomic E-state index is 12.8. The van der Waals surface area contributed by atoms with Crippen LogP contribution in [0.4, 0.5) is 10.3 Å². The van der Waals surface area contributed by atoms with E-state index < -0.39 is 0 Å². The highest BCUT2D eigenvalue weighted by Gasteiger charge is 2.13. The summed E-state index contributed by atoms with van der Waals surface area (Å²) in [6, 6.07) is 5.45. The maximum absolute atomic E-state index is 12.8. The Labute approximate surface area is 133 Å². The molecule has 0 atom stereocenters. The predicted octanol–water partition coefficient (Wildman–Crippen LogP) is 2.35. The molecule has 1 aromatic carbocycles. The molecular weight excluding hydrogens is 297 g/mol. The van der Waals surface area contributed by atoms with Crippen molar-refractivity contribution in [1.82, 2.24) is 9.97 Å². The lowest BCUT2D eigenvalue weighted by Gasteiger charge is -2.26. The molecule has 3 rings (SSSR count). The minimum atomic E-state index is -0.363. The van der Waals surface area contributed by atoms with E-state index in [1.54, 1.807) is 18.5 Å². The third-order valence-electron chi connectivity index (χ3n) is 3.51. The summed E-state index contributed by atoms with van der Waals surface area (Å²) in [5, 5.41) is 0. The molecule has 1 saturated heterocycles. The summed E-state index contributed by atoms with van der Waals surface area (Å²) in [5.41, 5.74) is 1.17. The molecule has 1 aliphatic rings. The van der Waals surface area contributed by atoms with Crippen LogP contribution in [-0.4, -0.2) is 42.1 Å². The van der Waals surface area contributed by atoms with Gasteiger partial charge in [-0.05, 0) is 36.4 Å². The fourth-order valence-corrected chi connectivity index (χ4v) is 2.23. The molecule has 0 N–H and O–H groups in total. The number of rotatable bonds is 4. The van der Waals surface area contributed by atoms with Crippen molar-refractivity contribution in [3.8, 4) is 0 Å². The van der Waals surface area contributed by atoms with E-state index in [2.05, 4.69) is 14.9 Å². The molecule has 0 unspecified atom stereocenters. The number of hydrogen-bond acceptors (Lipinski definition) is 5. The topological polar surface area (TPSA) is 55.3 Å². The average molecular weight is 313 g/mol. The van der Waals surface area contributed by atoms with E-state index in [-0.39, 0.29) is 11.6 Å². The molecule has 5 nitrogen and oxygen atoms in total. The van der Waals surface area contributed by atoms with Crippen molar-refractivity contribution in [3.63, 3.8) is 0 Å². The lowest BCUT2D eigenvalue weighted by Crippen LogP contribution is -2.37. The first kappa shape index (κ1) is 15.3. The SMILES string of the molecule is O=C(/C=C/c1cnc(N2CCOCC2)nc1)c1ccc(F)cc1. The second-order valence-electron chi connectivity index (χ2n) is 5.12. The van der Waals surface area contributed by atoms with Gasteiger partial charge in [-0.2, -0.15) is 0 Å². The Balaban J connectivity index is 1.65. The summed E-state index contributed by atoms with van der Waals surface area (Å²) >= 11 is 0. The lowest BCUT2D eigenvalue weighted by molar-refractivity contribution is 0.104.